The Morgan fingerprint density at radius 3 is 2.36 bits per heavy atom. The van der Waals surface area contributed by atoms with E-state index in [-0.39, 0.29) is 17.7 Å². The Bertz CT molecular complexity index is 944. The van der Waals surface area contributed by atoms with Gasteiger partial charge in [0, 0.05) is 50.5 Å². The number of amides is 1. The number of nitrogens with one attached hydrogen (secondary N) is 1. The summed E-state index contributed by atoms with van der Waals surface area (Å²) >= 11 is 0. The largest absolute Gasteiger partial charge is 0.337 e. The van der Waals surface area contributed by atoms with Gasteiger partial charge >= 0.3 is 0 Å². The van der Waals surface area contributed by atoms with Crippen molar-refractivity contribution in [2.75, 3.05) is 36.4 Å². The van der Waals surface area contributed by atoms with Crippen molar-refractivity contribution in [3.8, 4) is 0 Å². The Morgan fingerprint density at radius 1 is 0.929 bits per heavy atom. The van der Waals surface area contributed by atoms with Gasteiger partial charge in [0.05, 0.1) is 0 Å². The quantitative estimate of drug-likeness (QED) is 0.743. The molecular weight excluding hydrogens is 361 g/mol. The number of benzene rings is 1. The summed E-state index contributed by atoms with van der Waals surface area (Å²) in [4.78, 5) is 33.5. The number of nitrogens with zero attached hydrogens (tertiary/aromatic N) is 6. The summed E-state index contributed by atoms with van der Waals surface area (Å²) < 4.78 is 13.0. The third-order valence-electron chi connectivity index (χ3n) is 4.38. The van der Waals surface area contributed by atoms with Gasteiger partial charge in [0.25, 0.3) is 5.91 Å². The first-order valence-electron chi connectivity index (χ1n) is 8.86. The molecule has 2 aromatic heterocycles. The number of aromatic nitrogens is 4. The lowest BCUT2D eigenvalue weighted by Crippen LogP contribution is -2.49. The van der Waals surface area contributed by atoms with Gasteiger partial charge in [-0.05, 0) is 36.4 Å². The van der Waals surface area contributed by atoms with E-state index in [0.29, 0.717) is 43.5 Å². The number of anilines is 3. The normalized spacial score (nSPS) is 14.0. The van der Waals surface area contributed by atoms with Crippen LogP contribution in [0.4, 0.5) is 22.0 Å². The van der Waals surface area contributed by atoms with Crippen LogP contribution < -0.4 is 10.2 Å². The molecule has 0 spiro atoms. The molecular formula is C19H18FN7O. The van der Waals surface area contributed by atoms with Gasteiger partial charge < -0.3 is 15.1 Å². The molecule has 142 valence electrons. The summed E-state index contributed by atoms with van der Waals surface area (Å²) in [6, 6.07) is 9.21. The molecule has 0 atom stereocenters. The molecule has 1 aliphatic heterocycles. The van der Waals surface area contributed by atoms with Crippen molar-refractivity contribution in [1.82, 2.24) is 24.8 Å². The molecule has 4 rings (SSSR count). The molecule has 1 saturated heterocycles. The second-order valence-corrected chi connectivity index (χ2v) is 6.23. The van der Waals surface area contributed by atoms with Crippen LogP contribution in [-0.4, -0.2) is 56.9 Å². The molecule has 1 amide bonds. The van der Waals surface area contributed by atoms with E-state index in [9.17, 15) is 9.18 Å². The van der Waals surface area contributed by atoms with Crippen molar-refractivity contribution >= 4 is 23.5 Å². The van der Waals surface area contributed by atoms with Crippen molar-refractivity contribution < 1.29 is 9.18 Å². The van der Waals surface area contributed by atoms with E-state index in [1.807, 2.05) is 4.90 Å². The highest BCUT2D eigenvalue weighted by Crippen LogP contribution is 2.15. The summed E-state index contributed by atoms with van der Waals surface area (Å²) in [5, 5.41) is 2.97. The maximum absolute atomic E-state index is 13.0. The number of halogens is 1. The molecule has 0 aliphatic carbocycles. The maximum atomic E-state index is 13.0. The number of piperazine rings is 1. The molecule has 3 heterocycles. The minimum atomic E-state index is -0.324. The summed E-state index contributed by atoms with van der Waals surface area (Å²) in [6.07, 6.45) is 4.94. The number of carbonyl (C=O) groups is 1. The monoisotopic (exact) mass is 379 g/mol. The molecule has 8 nitrogen and oxygen atoms in total. The van der Waals surface area contributed by atoms with Gasteiger partial charge in [-0.2, -0.15) is 0 Å². The van der Waals surface area contributed by atoms with E-state index < -0.39 is 0 Å². The summed E-state index contributed by atoms with van der Waals surface area (Å²) in [7, 11) is 0. The molecule has 0 radical (unpaired) electrons. The van der Waals surface area contributed by atoms with Crippen LogP contribution in [-0.2, 0) is 0 Å². The summed E-state index contributed by atoms with van der Waals surface area (Å²) in [5.74, 6) is 0.477. The first-order chi connectivity index (χ1) is 13.7. The number of carbonyl (C=O) groups excluding carboxylic acids is 1. The van der Waals surface area contributed by atoms with E-state index >= 15 is 0 Å². The molecule has 1 fully saturated rings. The van der Waals surface area contributed by atoms with Crippen molar-refractivity contribution in [3.05, 3.63) is 66.5 Å². The van der Waals surface area contributed by atoms with Gasteiger partial charge in [-0.1, -0.05) is 0 Å². The van der Waals surface area contributed by atoms with Gasteiger partial charge in [0.1, 0.15) is 11.5 Å². The van der Waals surface area contributed by atoms with Crippen LogP contribution in [0.3, 0.4) is 0 Å². The Morgan fingerprint density at radius 2 is 1.64 bits per heavy atom. The number of hydrogen-bond donors (Lipinski definition) is 1. The SMILES string of the molecule is O=C(c1ccnc(Nc2ccc(F)cc2)n1)N1CCN(c2ncccn2)CC1. The van der Waals surface area contributed by atoms with Crippen molar-refractivity contribution in [2.45, 2.75) is 0 Å². The molecule has 0 bridgehead atoms. The van der Waals surface area contributed by atoms with E-state index in [0.717, 1.165) is 0 Å². The first kappa shape index (κ1) is 17.8. The highest BCUT2D eigenvalue weighted by Gasteiger charge is 2.24. The van der Waals surface area contributed by atoms with E-state index in [4.69, 9.17) is 0 Å². The van der Waals surface area contributed by atoms with Gasteiger partial charge in [0.2, 0.25) is 11.9 Å². The zero-order valence-corrected chi connectivity index (χ0v) is 15.0. The fourth-order valence-corrected chi connectivity index (χ4v) is 2.93. The van der Waals surface area contributed by atoms with Crippen LogP contribution >= 0.6 is 0 Å². The molecule has 0 saturated carbocycles. The molecule has 1 N–H and O–H groups in total. The number of rotatable bonds is 4. The van der Waals surface area contributed by atoms with Crippen LogP contribution in [0, 0.1) is 5.82 Å². The highest BCUT2D eigenvalue weighted by molar-refractivity contribution is 5.92. The molecule has 1 aromatic carbocycles. The lowest BCUT2D eigenvalue weighted by atomic mass is 10.2. The Kier molecular flexibility index (Phi) is 5.05. The van der Waals surface area contributed by atoms with Gasteiger partial charge in [-0.25, -0.2) is 24.3 Å². The Balaban J connectivity index is 1.40. The topological polar surface area (TPSA) is 87.1 Å². The molecule has 28 heavy (non-hydrogen) atoms. The Labute approximate surface area is 161 Å². The average molecular weight is 379 g/mol. The van der Waals surface area contributed by atoms with Crippen molar-refractivity contribution in [1.29, 1.82) is 0 Å². The van der Waals surface area contributed by atoms with Crippen molar-refractivity contribution in [2.24, 2.45) is 0 Å². The van der Waals surface area contributed by atoms with Crippen LogP contribution in [0.1, 0.15) is 10.5 Å². The lowest BCUT2D eigenvalue weighted by Gasteiger charge is -2.34. The van der Waals surface area contributed by atoms with Gasteiger partial charge in [0.15, 0.2) is 0 Å². The second kappa shape index (κ2) is 7.95. The first-order valence-corrected chi connectivity index (χ1v) is 8.86. The number of hydrogen-bond acceptors (Lipinski definition) is 7. The minimum absolute atomic E-state index is 0.154. The fourth-order valence-electron chi connectivity index (χ4n) is 2.93. The van der Waals surface area contributed by atoms with E-state index in [1.54, 1.807) is 41.6 Å². The zero-order valence-electron chi connectivity index (χ0n) is 15.0. The standard InChI is InChI=1S/C19H18FN7O/c20-14-2-4-15(5-3-14)24-18-21-9-6-16(25-18)17(28)26-10-12-27(13-11-26)19-22-7-1-8-23-19/h1-9H,10-13H2,(H,21,24,25). The zero-order chi connectivity index (χ0) is 19.3. The third kappa shape index (κ3) is 4.03. The smallest absolute Gasteiger partial charge is 0.272 e. The third-order valence-corrected chi connectivity index (χ3v) is 4.38. The van der Waals surface area contributed by atoms with Crippen molar-refractivity contribution in [3.63, 3.8) is 0 Å². The van der Waals surface area contributed by atoms with E-state index in [2.05, 4.69) is 25.3 Å². The van der Waals surface area contributed by atoms with Crippen LogP contribution in [0.15, 0.2) is 55.0 Å². The van der Waals surface area contributed by atoms with Crippen LogP contribution in [0.2, 0.25) is 0 Å². The molecule has 1 aliphatic rings. The molecule has 0 unspecified atom stereocenters. The van der Waals surface area contributed by atoms with E-state index in [1.165, 1.54) is 18.3 Å². The Hall–Kier alpha value is -3.62. The fraction of sp³-hybridized carbons (Fsp3) is 0.211. The summed E-state index contributed by atoms with van der Waals surface area (Å²) in [6.45, 7) is 2.42. The maximum Gasteiger partial charge on any atom is 0.272 e. The van der Waals surface area contributed by atoms with Crippen LogP contribution in [0.25, 0.3) is 0 Å². The molecule has 3 aromatic rings. The summed E-state index contributed by atoms with van der Waals surface area (Å²) in [5.41, 5.74) is 0.950. The lowest BCUT2D eigenvalue weighted by molar-refractivity contribution is 0.0740. The van der Waals surface area contributed by atoms with Gasteiger partial charge in [-0.15, -0.1) is 0 Å². The average Bonchev–Trinajstić information content (AvgIpc) is 2.76. The van der Waals surface area contributed by atoms with Gasteiger partial charge in [-0.3, -0.25) is 4.79 Å². The predicted molar refractivity (Wildman–Crippen MR) is 102 cm³/mol. The highest BCUT2D eigenvalue weighted by atomic mass is 19.1. The molecule has 9 heteroatoms. The minimum Gasteiger partial charge on any atom is -0.337 e. The van der Waals surface area contributed by atoms with Crippen LogP contribution in [0.5, 0.6) is 0 Å². The predicted octanol–water partition coefficient (Wildman–Crippen LogP) is 2.11. The second-order valence-electron chi connectivity index (χ2n) is 6.23.